The van der Waals surface area contributed by atoms with Gasteiger partial charge in [0.05, 0.1) is 94.6 Å². The molecular weight excluding hydrogens is 2160 g/mol. The van der Waals surface area contributed by atoms with Gasteiger partial charge in [0.1, 0.15) is 59.3 Å². The number of para-hydroxylation sites is 2. The highest BCUT2D eigenvalue weighted by molar-refractivity contribution is 8.14. The molecule has 5 aliphatic rings. The predicted octanol–water partition coefficient (Wildman–Crippen LogP) is 28.2. The molecule has 149 heavy (non-hydrogen) atoms. The lowest BCUT2D eigenvalue weighted by Gasteiger charge is -2.32. The third-order valence-corrected chi connectivity index (χ3v) is 26.4. The summed E-state index contributed by atoms with van der Waals surface area (Å²) in [4.78, 5) is 26.7. The molecule has 0 atom stereocenters. The molecule has 18 rings (SSSR count). The van der Waals surface area contributed by atoms with Gasteiger partial charge in [-0.3, -0.25) is 4.72 Å². The van der Waals surface area contributed by atoms with Gasteiger partial charge in [0.25, 0.3) is 28.1 Å². The van der Waals surface area contributed by atoms with E-state index in [4.69, 9.17) is 82.6 Å². The quantitative estimate of drug-likeness (QED) is 0.0551. The average Bonchev–Trinajstić information content (AvgIpc) is 0.969. The van der Waals surface area contributed by atoms with Gasteiger partial charge in [-0.2, -0.15) is 65.9 Å². The van der Waals surface area contributed by atoms with Crippen molar-refractivity contribution in [3.63, 3.8) is 0 Å². The van der Waals surface area contributed by atoms with Gasteiger partial charge < -0.3 is 58.7 Å². The van der Waals surface area contributed by atoms with Crippen LogP contribution in [0.3, 0.4) is 0 Å². The first kappa shape index (κ1) is 114. The lowest BCUT2D eigenvalue weighted by molar-refractivity contribution is -0.138. The summed E-state index contributed by atoms with van der Waals surface area (Å²) in [7, 11) is -0.993. The van der Waals surface area contributed by atoms with E-state index in [1.165, 1.54) is 68.9 Å². The second kappa shape index (κ2) is 47.5. The highest BCUT2D eigenvalue weighted by Gasteiger charge is 2.40. The average molecular weight is 2230 g/mol. The standard InChI is InChI=1S/C19H12F4N4O3S2.2C16H9ClF4N2O3S.C16H10F4N2O.C11H12N2OS.C8H3F4N.C8H8FNO.CH4/c1-24-12-10-11(19(21,22)23)2-3-13(12)27-7-8-30-17-14(27)4-5-15(16(17)20)32(28,29)26-18-25-6-9-31-18;2*1-22-10-8-9(16(19,20)21)2-3-11(10)23-6-7-26-15-12(23)4-5-13(14(15)18)27(17,24)25;1-21-12-9-10(16(18,19)20)5-6-13(12)22-7-8-23-15-11(17)3-2-4-14(15)22;1-14-10-4-2-9(3-5-10)8-13-11-12-6-7-15-11;1-13-7-4-5(8(10,11)12)2-3-6(7)9;9-6-2-1-3-7-8(6)11-5-4-10-7;/h2-6,9-10H,7-8H2,(H,25,26);2*2-5,8H,6-7H2;2-6,9H,7-8H2;2-7H,8H2,1H3,(H,12,13);2-4H;1-3,10H,4-5H2;1H4. The number of benzene rings is 11. The van der Waals surface area contributed by atoms with E-state index in [0.29, 0.717) is 66.7 Å². The largest absolute Gasteiger partial charge is 0.497 e. The SMILES string of the molecule is C.COc1ccc(CNc2nccs2)cc1.Fc1cccc2c1OCCN2.[C-]#[N+]c1cc(C(F)(F)F)ccc1F.[C-]#[N+]c1cc(C(F)(F)F)ccc1N1CCOc2c(F)cccc21.[C-]#[N+]c1cc(C(F)(F)F)ccc1N1CCOc2c1ccc(S(=O)(=O)Cl)c2F.[C-]#[N+]c1cc(C(F)(F)F)ccc1N1CCOc2c1ccc(S(=O)(=O)Cl)c2F.[C-]#[N+]c1cc(C(F)(F)F)ccc1N1CCOc2c1ccc(S(=O)(=O)Nc1nccs1)c2F. The molecule has 0 saturated carbocycles. The summed E-state index contributed by atoms with van der Waals surface area (Å²) in [5.41, 5.74) is -3.23. The Balaban J connectivity index is 0.000000169. The van der Waals surface area contributed by atoms with Gasteiger partial charge in [-0.15, -0.1) is 22.7 Å². The van der Waals surface area contributed by atoms with Crippen molar-refractivity contribution in [1.29, 1.82) is 0 Å². The van der Waals surface area contributed by atoms with Crippen LogP contribution in [0, 0.1) is 67.8 Å². The Hall–Kier alpha value is -15.5. The van der Waals surface area contributed by atoms with Crippen molar-refractivity contribution in [3.8, 4) is 34.5 Å². The monoisotopic (exact) mass is 2220 g/mol. The molecule has 0 radical (unpaired) electrons. The zero-order valence-corrected chi connectivity index (χ0v) is 80.1. The number of aromatic nitrogens is 2. The fourth-order valence-corrected chi connectivity index (χ4v) is 18.3. The molecular formula is C95H67Cl2F21N14O12S5. The fraction of sp³-hybridized carbons (Fsp3) is 0.189. The molecule has 0 unspecified atom stereocenters. The first-order chi connectivity index (χ1) is 69.8. The fourth-order valence-electron chi connectivity index (χ4n) is 14.2. The summed E-state index contributed by atoms with van der Waals surface area (Å²) in [5, 5.41) is 10.8. The normalized spacial score (nSPS) is 13.3. The second-order valence-corrected chi connectivity index (χ2v) is 38.6. The molecule has 13 aromatic rings. The minimum Gasteiger partial charge on any atom is -0.497 e. The van der Waals surface area contributed by atoms with E-state index in [1.54, 1.807) is 53.1 Å². The summed E-state index contributed by atoms with van der Waals surface area (Å²) in [6, 6.07) is 36.4. The number of nitrogens with zero attached hydrogens (tertiary/aromatic N) is 11. The third-order valence-electron chi connectivity index (χ3n) is 20.9. The van der Waals surface area contributed by atoms with Crippen LogP contribution in [0.25, 0.3) is 24.2 Å². The van der Waals surface area contributed by atoms with Gasteiger partial charge in [0.2, 0.25) is 28.4 Å². The Bertz CT molecular complexity index is 7520. The number of alkyl halides is 15. The topological polar surface area (TPSA) is 254 Å². The third kappa shape index (κ3) is 27.7. The Kier molecular flexibility index (Phi) is 36.3. The Morgan fingerprint density at radius 3 is 1.06 bits per heavy atom. The van der Waals surface area contributed by atoms with Gasteiger partial charge >= 0.3 is 30.9 Å². The molecule has 0 fully saturated rings. The highest BCUT2D eigenvalue weighted by atomic mass is 35.7. The number of thiazole rings is 2. The summed E-state index contributed by atoms with van der Waals surface area (Å²) in [5.74, 6) is -5.28. The van der Waals surface area contributed by atoms with Crippen LogP contribution in [-0.2, 0) is 65.6 Å². The van der Waals surface area contributed by atoms with Crippen LogP contribution < -0.4 is 63.4 Å². The molecule has 11 aromatic carbocycles. The summed E-state index contributed by atoms with van der Waals surface area (Å²) < 4.78 is 378. The molecule has 780 valence electrons. The van der Waals surface area contributed by atoms with Crippen molar-refractivity contribution >= 4 is 162 Å². The number of hydrogen-bond donors (Lipinski definition) is 3. The molecule has 2 aromatic heterocycles. The molecule has 0 aliphatic carbocycles. The number of methoxy groups -OCH3 is 1. The van der Waals surface area contributed by atoms with Crippen molar-refractivity contribution < 1.29 is 146 Å². The molecule has 0 amide bonds. The Labute approximate surface area is 851 Å². The van der Waals surface area contributed by atoms with E-state index in [2.05, 4.69) is 49.5 Å². The number of ether oxygens (including phenoxy) is 6. The van der Waals surface area contributed by atoms with Crippen molar-refractivity contribution in [1.82, 2.24) is 9.97 Å². The van der Waals surface area contributed by atoms with E-state index in [0.717, 1.165) is 108 Å². The molecule has 3 N–H and O–H groups in total. The van der Waals surface area contributed by atoms with Crippen LogP contribution in [0.2, 0.25) is 0 Å². The lowest BCUT2D eigenvalue weighted by Crippen LogP contribution is -2.30. The van der Waals surface area contributed by atoms with Crippen LogP contribution in [-0.4, -0.2) is 108 Å². The maximum Gasteiger partial charge on any atom is 0.415 e. The lowest BCUT2D eigenvalue weighted by atomic mass is 10.1. The second-order valence-electron chi connectivity index (χ2n) is 30.0. The number of anilines is 11. The van der Waals surface area contributed by atoms with Gasteiger partial charge in [-0.1, -0.05) is 56.0 Å². The van der Waals surface area contributed by atoms with Crippen LogP contribution in [0.15, 0.2) is 226 Å². The van der Waals surface area contributed by atoms with Crippen molar-refractivity contribution in [3.05, 3.63) is 337 Å². The zero-order chi connectivity index (χ0) is 108. The van der Waals surface area contributed by atoms with Gasteiger partial charge in [-0.05, 0) is 145 Å². The van der Waals surface area contributed by atoms with E-state index in [-0.39, 0.29) is 133 Å². The Morgan fingerprint density at radius 2 is 0.711 bits per heavy atom. The minimum absolute atomic E-state index is 0. The number of rotatable bonds is 13. The number of sulfonamides is 1. The predicted molar refractivity (Wildman–Crippen MR) is 513 cm³/mol. The highest BCUT2D eigenvalue weighted by Crippen LogP contribution is 2.52. The van der Waals surface area contributed by atoms with Gasteiger partial charge in [-0.25, -0.2) is 85.8 Å². The maximum atomic E-state index is 15.2. The molecule has 0 bridgehead atoms. The summed E-state index contributed by atoms with van der Waals surface area (Å²) in [6.45, 7) is 37.9. The minimum atomic E-state index is -4.62. The smallest absolute Gasteiger partial charge is 0.415 e. The van der Waals surface area contributed by atoms with Crippen LogP contribution >= 0.6 is 44.0 Å². The van der Waals surface area contributed by atoms with Crippen molar-refractivity contribution in [2.24, 2.45) is 0 Å². The van der Waals surface area contributed by atoms with Crippen molar-refractivity contribution in [2.75, 3.05) is 108 Å². The summed E-state index contributed by atoms with van der Waals surface area (Å²) in [6.07, 6.45) is -19.7. The number of halogens is 23. The van der Waals surface area contributed by atoms with Crippen LogP contribution in [0.5, 0.6) is 34.5 Å². The molecule has 26 nitrogen and oxygen atoms in total. The van der Waals surface area contributed by atoms with Gasteiger partial charge in [0, 0.05) is 108 Å². The molecule has 0 saturated heterocycles. The van der Waals surface area contributed by atoms with E-state index >= 15 is 4.39 Å². The number of nitrogens with one attached hydrogen (secondary N) is 3. The number of hydrogen-bond acceptors (Lipinski definition) is 22. The maximum absolute atomic E-state index is 15.2. The summed E-state index contributed by atoms with van der Waals surface area (Å²) >= 11 is 2.62. The first-order valence-electron chi connectivity index (χ1n) is 41.5. The molecule has 0 spiro atoms. The number of fused-ring (bicyclic) bond motifs is 5. The Morgan fingerprint density at radius 1 is 0.389 bits per heavy atom. The van der Waals surface area contributed by atoms with Gasteiger partial charge in [0.15, 0.2) is 68.1 Å². The van der Waals surface area contributed by atoms with E-state index < -0.39 is 148 Å². The first-order valence-corrected chi connectivity index (χ1v) is 49.4. The zero-order valence-electron chi connectivity index (χ0n) is 74.5. The molecule has 7 heterocycles. The van der Waals surface area contributed by atoms with Crippen LogP contribution in [0.4, 0.5) is 182 Å². The van der Waals surface area contributed by atoms with E-state index in [9.17, 15) is 113 Å². The van der Waals surface area contributed by atoms with Crippen LogP contribution in [0.1, 0.15) is 40.8 Å². The molecule has 5 aliphatic heterocycles. The molecule has 54 heteroatoms. The van der Waals surface area contributed by atoms with Crippen molar-refractivity contribution in [2.45, 2.75) is 59.5 Å². The van der Waals surface area contributed by atoms with E-state index in [1.807, 2.05) is 29.6 Å².